The van der Waals surface area contributed by atoms with Crippen molar-refractivity contribution in [3.63, 3.8) is 0 Å². The van der Waals surface area contributed by atoms with Gasteiger partial charge in [-0.2, -0.15) is 0 Å². The lowest BCUT2D eigenvalue weighted by atomic mass is 9.90. The van der Waals surface area contributed by atoms with Crippen molar-refractivity contribution in [3.05, 3.63) is 71.9 Å². The summed E-state index contributed by atoms with van der Waals surface area (Å²) in [6.45, 7) is 5.04. The van der Waals surface area contributed by atoms with E-state index in [9.17, 15) is 4.79 Å². The molecule has 3 heterocycles. The van der Waals surface area contributed by atoms with Crippen LogP contribution in [0, 0.1) is 5.92 Å². The largest absolute Gasteiger partial charge is 0.380 e. The lowest BCUT2D eigenvalue weighted by Gasteiger charge is -2.42. The summed E-state index contributed by atoms with van der Waals surface area (Å²) < 4.78 is 5.94. The Hall–Kier alpha value is -2.63. The van der Waals surface area contributed by atoms with Gasteiger partial charge < -0.3 is 14.6 Å². The minimum Gasteiger partial charge on any atom is -0.380 e. The maximum atomic E-state index is 13.1. The van der Waals surface area contributed by atoms with E-state index < -0.39 is 0 Å². The summed E-state index contributed by atoms with van der Waals surface area (Å²) in [6, 6.07) is 19.3. The van der Waals surface area contributed by atoms with E-state index in [1.807, 2.05) is 18.3 Å². The Balaban J connectivity index is 1.26. The van der Waals surface area contributed by atoms with Gasteiger partial charge in [-0.1, -0.05) is 48.5 Å². The molecule has 5 nitrogen and oxygen atoms in total. The van der Waals surface area contributed by atoms with Gasteiger partial charge in [-0.25, -0.2) is 0 Å². The molecule has 5 rings (SSSR count). The standard InChI is InChI=1S/C25H29N3O2/c29-25(14-20-15-26-23-9-5-4-8-22(20)23)28-11-10-24-21(17-28)18-30-13-12-27(24)16-19-6-2-1-3-7-19/h1-9,15,21,24,26H,10-14,16-18H2/t21-,24-/m1/s1. The van der Waals surface area contributed by atoms with Crippen LogP contribution in [-0.2, 0) is 22.5 Å². The molecule has 156 valence electrons. The quantitative estimate of drug-likeness (QED) is 0.726. The van der Waals surface area contributed by atoms with Crippen LogP contribution >= 0.6 is 0 Å². The average Bonchev–Trinajstić information content (AvgIpc) is 3.08. The second kappa shape index (κ2) is 8.62. The number of aromatic nitrogens is 1. The molecule has 1 amide bonds. The Kier molecular flexibility index (Phi) is 5.56. The number of nitrogens with one attached hydrogen (secondary N) is 1. The zero-order valence-electron chi connectivity index (χ0n) is 17.3. The summed E-state index contributed by atoms with van der Waals surface area (Å²) >= 11 is 0. The maximum Gasteiger partial charge on any atom is 0.227 e. The number of aromatic amines is 1. The van der Waals surface area contributed by atoms with E-state index in [1.165, 1.54) is 5.56 Å². The zero-order chi connectivity index (χ0) is 20.3. The van der Waals surface area contributed by atoms with E-state index in [2.05, 4.69) is 57.2 Å². The molecule has 2 aromatic carbocycles. The van der Waals surface area contributed by atoms with Crippen molar-refractivity contribution in [3.8, 4) is 0 Å². The predicted octanol–water partition coefficient (Wildman–Crippen LogP) is 3.46. The SMILES string of the molecule is O=C(Cc1c[nH]c2ccccc12)N1CC[C@@H]2[C@@H](COCCN2Cc2ccccc2)C1. The number of carbonyl (C=O) groups is 1. The Morgan fingerprint density at radius 3 is 2.80 bits per heavy atom. The fraction of sp³-hybridized carbons (Fsp3) is 0.400. The van der Waals surface area contributed by atoms with Crippen LogP contribution in [0.1, 0.15) is 17.5 Å². The molecule has 2 aliphatic rings. The minimum atomic E-state index is 0.219. The van der Waals surface area contributed by atoms with E-state index in [0.29, 0.717) is 18.4 Å². The second-order valence-electron chi connectivity index (χ2n) is 8.52. The molecule has 3 aromatic rings. The number of para-hydroxylation sites is 1. The third-order valence-corrected chi connectivity index (χ3v) is 6.62. The summed E-state index contributed by atoms with van der Waals surface area (Å²) in [6.07, 6.45) is 3.45. The third-order valence-electron chi connectivity index (χ3n) is 6.62. The molecule has 0 radical (unpaired) electrons. The van der Waals surface area contributed by atoms with Crippen molar-refractivity contribution >= 4 is 16.8 Å². The van der Waals surface area contributed by atoms with Crippen LogP contribution in [0.2, 0.25) is 0 Å². The monoisotopic (exact) mass is 403 g/mol. The summed E-state index contributed by atoms with van der Waals surface area (Å²) in [5, 5.41) is 1.15. The Morgan fingerprint density at radius 1 is 1.07 bits per heavy atom. The molecule has 1 aromatic heterocycles. The average molecular weight is 404 g/mol. The summed E-state index contributed by atoms with van der Waals surface area (Å²) in [7, 11) is 0. The van der Waals surface area contributed by atoms with Crippen LogP contribution in [0.15, 0.2) is 60.8 Å². The number of H-pyrrole nitrogens is 1. The Bertz CT molecular complexity index is 1000. The molecule has 0 saturated carbocycles. The van der Waals surface area contributed by atoms with Gasteiger partial charge in [0.1, 0.15) is 0 Å². The van der Waals surface area contributed by atoms with Crippen LogP contribution in [0.3, 0.4) is 0 Å². The summed E-state index contributed by atoms with van der Waals surface area (Å²) in [5.41, 5.74) is 3.52. The van der Waals surface area contributed by atoms with Crippen molar-refractivity contribution in [2.75, 3.05) is 32.8 Å². The highest BCUT2D eigenvalue weighted by atomic mass is 16.5. The Labute approximate surface area is 177 Å². The molecular formula is C25H29N3O2. The fourth-order valence-electron chi connectivity index (χ4n) is 5.04. The van der Waals surface area contributed by atoms with Crippen molar-refractivity contribution in [1.82, 2.24) is 14.8 Å². The van der Waals surface area contributed by atoms with Crippen LogP contribution in [-0.4, -0.2) is 59.6 Å². The number of hydrogen-bond acceptors (Lipinski definition) is 3. The van der Waals surface area contributed by atoms with Crippen molar-refractivity contribution in [1.29, 1.82) is 0 Å². The topological polar surface area (TPSA) is 48.6 Å². The fourth-order valence-corrected chi connectivity index (χ4v) is 5.04. The van der Waals surface area contributed by atoms with Gasteiger partial charge in [0, 0.05) is 55.2 Å². The lowest BCUT2D eigenvalue weighted by molar-refractivity contribution is -0.133. The number of piperidine rings is 1. The molecule has 2 saturated heterocycles. The summed E-state index contributed by atoms with van der Waals surface area (Å²) in [4.78, 5) is 21.0. The van der Waals surface area contributed by atoms with Crippen LogP contribution in [0.25, 0.3) is 10.9 Å². The van der Waals surface area contributed by atoms with Gasteiger partial charge in [0.05, 0.1) is 19.6 Å². The molecule has 0 unspecified atom stereocenters. The smallest absolute Gasteiger partial charge is 0.227 e. The van der Waals surface area contributed by atoms with Gasteiger partial charge in [0.2, 0.25) is 5.91 Å². The number of amides is 1. The zero-order valence-corrected chi connectivity index (χ0v) is 17.3. The summed E-state index contributed by atoms with van der Waals surface area (Å²) in [5.74, 6) is 0.592. The van der Waals surface area contributed by atoms with Crippen molar-refractivity contribution in [2.45, 2.75) is 25.4 Å². The van der Waals surface area contributed by atoms with Crippen molar-refractivity contribution < 1.29 is 9.53 Å². The van der Waals surface area contributed by atoms with Gasteiger partial charge >= 0.3 is 0 Å². The van der Waals surface area contributed by atoms with Crippen LogP contribution in [0.4, 0.5) is 0 Å². The molecule has 2 fully saturated rings. The van der Waals surface area contributed by atoms with Gasteiger partial charge in [0.25, 0.3) is 0 Å². The van der Waals surface area contributed by atoms with E-state index in [4.69, 9.17) is 4.74 Å². The third kappa shape index (κ3) is 4.00. The highest BCUT2D eigenvalue weighted by Gasteiger charge is 2.36. The first-order chi connectivity index (χ1) is 14.8. The molecule has 2 aliphatic heterocycles. The van der Waals surface area contributed by atoms with E-state index in [0.717, 1.165) is 62.3 Å². The van der Waals surface area contributed by atoms with E-state index >= 15 is 0 Å². The lowest BCUT2D eigenvalue weighted by Crippen LogP contribution is -2.52. The van der Waals surface area contributed by atoms with E-state index in [-0.39, 0.29) is 5.91 Å². The second-order valence-corrected chi connectivity index (χ2v) is 8.52. The molecular weight excluding hydrogens is 374 g/mol. The number of hydrogen-bond donors (Lipinski definition) is 1. The van der Waals surface area contributed by atoms with Gasteiger partial charge in [-0.3, -0.25) is 9.69 Å². The number of nitrogens with zero attached hydrogens (tertiary/aromatic N) is 2. The number of likely N-dealkylation sites (tertiary alicyclic amines) is 1. The van der Waals surface area contributed by atoms with Crippen LogP contribution in [0.5, 0.6) is 0 Å². The number of carbonyl (C=O) groups excluding carboxylic acids is 1. The minimum absolute atomic E-state index is 0.219. The molecule has 2 atom stereocenters. The number of benzene rings is 2. The molecule has 1 N–H and O–H groups in total. The van der Waals surface area contributed by atoms with Crippen LogP contribution < -0.4 is 0 Å². The molecule has 0 aliphatic carbocycles. The van der Waals surface area contributed by atoms with E-state index in [1.54, 1.807) is 0 Å². The first-order valence-corrected chi connectivity index (χ1v) is 11.0. The first kappa shape index (κ1) is 19.3. The Morgan fingerprint density at radius 2 is 1.90 bits per heavy atom. The highest BCUT2D eigenvalue weighted by molar-refractivity contribution is 5.88. The molecule has 30 heavy (non-hydrogen) atoms. The van der Waals surface area contributed by atoms with Gasteiger partial charge in [0.15, 0.2) is 0 Å². The molecule has 5 heteroatoms. The maximum absolute atomic E-state index is 13.1. The predicted molar refractivity (Wildman–Crippen MR) is 118 cm³/mol. The number of ether oxygens (including phenoxy) is 1. The first-order valence-electron chi connectivity index (χ1n) is 11.0. The normalized spacial score (nSPS) is 22.6. The molecule has 0 spiro atoms. The van der Waals surface area contributed by atoms with Gasteiger partial charge in [-0.15, -0.1) is 0 Å². The number of fused-ring (bicyclic) bond motifs is 2. The van der Waals surface area contributed by atoms with Gasteiger partial charge in [-0.05, 0) is 23.6 Å². The number of rotatable bonds is 4. The molecule has 0 bridgehead atoms. The van der Waals surface area contributed by atoms with Crippen molar-refractivity contribution in [2.24, 2.45) is 5.92 Å². The highest BCUT2D eigenvalue weighted by Crippen LogP contribution is 2.27.